The average molecular weight is 569 g/mol. The number of oxime groups is 1. The van der Waals surface area contributed by atoms with E-state index in [4.69, 9.17) is 4.84 Å². The molecule has 200 valence electrons. The highest BCUT2D eigenvalue weighted by Gasteiger charge is 2.32. The van der Waals surface area contributed by atoms with Crippen molar-refractivity contribution in [3.05, 3.63) is 75.4 Å². The molecule has 3 aromatic rings. The zero-order chi connectivity index (χ0) is 26.9. The Labute approximate surface area is 222 Å². The molecule has 6 nitrogen and oxygen atoms in total. The second-order valence-electron chi connectivity index (χ2n) is 8.87. The number of hydrogen-bond donors (Lipinski definition) is 0. The van der Waals surface area contributed by atoms with Crippen LogP contribution in [0.4, 0.5) is 22.0 Å². The van der Waals surface area contributed by atoms with E-state index in [2.05, 4.69) is 15.1 Å². The smallest absolute Gasteiger partial charge is 0.387 e. The van der Waals surface area contributed by atoms with Gasteiger partial charge in [0.15, 0.2) is 6.10 Å². The predicted octanol–water partition coefficient (Wildman–Crippen LogP) is 6.20. The number of carbonyl (C=O) groups is 1. The summed E-state index contributed by atoms with van der Waals surface area (Å²) >= 11 is 2.58. The number of rotatable bonds is 6. The van der Waals surface area contributed by atoms with Gasteiger partial charge in [0.05, 0.1) is 32.6 Å². The maximum atomic E-state index is 14.1. The zero-order valence-corrected chi connectivity index (χ0v) is 21.4. The average Bonchev–Trinajstić information content (AvgIpc) is 3.57. The first-order valence-corrected chi connectivity index (χ1v) is 13.6. The quantitative estimate of drug-likeness (QED) is 0.262. The van der Waals surface area contributed by atoms with E-state index < -0.39 is 29.5 Å². The number of thioether (sulfide) groups is 1. The van der Waals surface area contributed by atoms with Gasteiger partial charge in [0, 0.05) is 37.0 Å². The molecule has 1 saturated heterocycles. The Morgan fingerprint density at radius 1 is 1.13 bits per heavy atom. The van der Waals surface area contributed by atoms with Gasteiger partial charge in [0.2, 0.25) is 5.91 Å². The molecule has 1 fully saturated rings. The molecule has 0 N–H and O–H groups in total. The monoisotopic (exact) mass is 568 g/mol. The van der Waals surface area contributed by atoms with Gasteiger partial charge in [-0.3, -0.25) is 4.79 Å². The van der Waals surface area contributed by atoms with Gasteiger partial charge < -0.3 is 9.74 Å². The van der Waals surface area contributed by atoms with Crippen molar-refractivity contribution in [3.8, 4) is 0 Å². The topological polar surface area (TPSA) is 67.7 Å². The number of carbonyl (C=O) groups excluding carboxylic acids is 1. The molecule has 1 atom stereocenters. The van der Waals surface area contributed by atoms with Gasteiger partial charge in [-0.1, -0.05) is 23.0 Å². The molecule has 2 aliphatic rings. The second-order valence-corrected chi connectivity index (χ2v) is 10.8. The van der Waals surface area contributed by atoms with Crippen LogP contribution < -0.4 is 0 Å². The predicted molar refractivity (Wildman–Crippen MR) is 132 cm³/mol. The number of benzene rings is 1. The van der Waals surface area contributed by atoms with Gasteiger partial charge >= 0.3 is 6.18 Å². The first-order chi connectivity index (χ1) is 18.2. The van der Waals surface area contributed by atoms with E-state index in [1.165, 1.54) is 35.6 Å². The third-order valence-corrected chi connectivity index (χ3v) is 8.35. The fourth-order valence-electron chi connectivity index (χ4n) is 4.35. The first-order valence-electron chi connectivity index (χ1n) is 11.7. The van der Waals surface area contributed by atoms with Crippen molar-refractivity contribution in [1.29, 1.82) is 0 Å². The fourth-order valence-corrected chi connectivity index (χ4v) is 6.09. The summed E-state index contributed by atoms with van der Waals surface area (Å²) in [5, 5.41) is 7.12. The van der Waals surface area contributed by atoms with Crippen LogP contribution in [-0.2, 0) is 15.8 Å². The van der Waals surface area contributed by atoms with Crippen molar-refractivity contribution in [2.75, 3.05) is 18.8 Å². The molecule has 5 rings (SSSR count). The van der Waals surface area contributed by atoms with E-state index in [0.29, 0.717) is 42.4 Å². The van der Waals surface area contributed by atoms with Crippen molar-refractivity contribution in [1.82, 2.24) is 14.9 Å². The van der Waals surface area contributed by atoms with Crippen LogP contribution in [-0.4, -0.2) is 45.3 Å². The summed E-state index contributed by atoms with van der Waals surface area (Å²) in [4.78, 5) is 28.1. The highest BCUT2D eigenvalue weighted by molar-refractivity contribution is 7.99. The molecule has 0 spiro atoms. The van der Waals surface area contributed by atoms with Gasteiger partial charge in [0.1, 0.15) is 17.3 Å². The van der Waals surface area contributed by atoms with E-state index >= 15 is 0 Å². The third-order valence-electron chi connectivity index (χ3n) is 6.41. The number of hydrogen-bond acceptors (Lipinski definition) is 7. The lowest BCUT2D eigenvalue weighted by molar-refractivity contribution is -0.138. The van der Waals surface area contributed by atoms with Gasteiger partial charge in [-0.15, -0.1) is 11.3 Å². The molecule has 4 heterocycles. The zero-order valence-electron chi connectivity index (χ0n) is 19.8. The van der Waals surface area contributed by atoms with Gasteiger partial charge in [-0.25, -0.2) is 18.7 Å². The Balaban J connectivity index is 1.11. The molecule has 13 heteroatoms. The Kier molecular flexibility index (Phi) is 7.66. The minimum atomic E-state index is -4.45. The lowest BCUT2D eigenvalue weighted by Crippen LogP contribution is -2.38. The molecular formula is C25H21F5N4O2S2. The Bertz CT molecular complexity index is 1320. The van der Waals surface area contributed by atoms with Crippen LogP contribution in [0.3, 0.4) is 0 Å². The lowest BCUT2D eigenvalue weighted by Gasteiger charge is -2.31. The number of pyridine rings is 1. The number of nitrogens with zero attached hydrogens (tertiary/aromatic N) is 4. The van der Waals surface area contributed by atoms with Gasteiger partial charge in [0.25, 0.3) is 0 Å². The summed E-state index contributed by atoms with van der Waals surface area (Å²) in [7, 11) is 0. The van der Waals surface area contributed by atoms with Crippen LogP contribution >= 0.6 is 23.1 Å². The highest BCUT2D eigenvalue weighted by atomic mass is 32.2. The molecule has 1 amide bonds. The molecule has 38 heavy (non-hydrogen) atoms. The van der Waals surface area contributed by atoms with Crippen LogP contribution in [0.1, 0.15) is 53.1 Å². The highest BCUT2D eigenvalue weighted by Crippen LogP contribution is 2.35. The normalized spacial score (nSPS) is 18.4. The number of piperidine rings is 1. The fraction of sp³-hybridized carbons (Fsp3) is 0.360. The van der Waals surface area contributed by atoms with Crippen LogP contribution in [0.15, 0.2) is 52.1 Å². The largest absolute Gasteiger partial charge is 0.417 e. The van der Waals surface area contributed by atoms with Crippen LogP contribution in [0, 0.1) is 11.6 Å². The Morgan fingerprint density at radius 3 is 2.53 bits per heavy atom. The molecule has 0 bridgehead atoms. The molecule has 1 aromatic carbocycles. The van der Waals surface area contributed by atoms with Crippen molar-refractivity contribution < 1.29 is 31.6 Å². The number of amides is 1. The number of aromatic nitrogens is 2. The Morgan fingerprint density at radius 2 is 1.87 bits per heavy atom. The lowest BCUT2D eigenvalue weighted by atomic mass is 9.97. The first kappa shape index (κ1) is 26.5. The SMILES string of the molecule is O=C(CSc1ccc(C(F)(F)F)cn1)N1CCC(c2nc(C3=NOC(c4c(F)cccc4F)C3)cs2)CC1. The number of thiazole rings is 1. The summed E-state index contributed by atoms with van der Waals surface area (Å²) in [5.41, 5.74) is 0.169. The summed E-state index contributed by atoms with van der Waals surface area (Å²) in [6.45, 7) is 1.08. The van der Waals surface area contributed by atoms with Crippen LogP contribution in [0.5, 0.6) is 0 Å². The van der Waals surface area contributed by atoms with E-state index in [1.807, 2.05) is 5.38 Å². The standard InChI is InChI=1S/C25H21F5N4O2S2/c26-16-2-1-3-17(27)23(16)20-10-18(33-36-20)19-12-38-24(32-19)14-6-8-34(9-7-14)22(35)13-37-21-5-4-15(11-31-21)25(28,29)30/h1-5,11-12,14,20H,6-10,13H2. The minimum Gasteiger partial charge on any atom is -0.387 e. The third kappa shape index (κ3) is 5.83. The molecular weight excluding hydrogens is 547 g/mol. The molecule has 2 aromatic heterocycles. The summed E-state index contributed by atoms with van der Waals surface area (Å²) < 4.78 is 66.2. The van der Waals surface area contributed by atoms with E-state index in [1.54, 1.807) is 4.90 Å². The molecule has 1 unspecified atom stereocenters. The molecule has 0 aliphatic carbocycles. The van der Waals surface area contributed by atoms with Crippen molar-refractivity contribution in [2.24, 2.45) is 5.16 Å². The summed E-state index contributed by atoms with van der Waals surface area (Å²) in [6.07, 6.45) is -2.89. The molecule has 0 radical (unpaired) electrons. The van der Waals surface area contributed by atoms with Crippen molar-refractivity contribution >= 4 is 34.7 Å². The van der Waals surface area contributed by atoms with Crippen LogP contribution in [0.2, 0.25) is 0 Å². The number of alkyl halides is 3. The molecule has 0 saturated carbocycles. The summed E-state index contributed by atoms with van der Waals surface area (Å²) in [6, 6.07) is 5.88. The van der Waals surface area contributed by atoms with Crippen molar-refractivity contribution in [3.63, 3.8) is 0 Å². The maximum absolute atomic E-state index is 14.1. The molecule has 2 aliphatic heterocycles. The summed E-state index contributed by atoms with van der Waals surface area (Å²) in [5.74, 6) is -1.21. The van der Waals surface area contributed by atoms with E-state index in [0.717, 1.165) is 29.0 Å². The number of halogens is 5. The van der Waals surface area contributed by atoms with Crippen LogP contribution in [0.25, 0.3) is 0 Å². The Hall–Kier alpha value is -3.06. The minimum absolute atomic E-state index is 0.0913. The second kappa shape index (κ2) is 11.0. The number of likely N-dealkylation sites (tertiary alicyclic amines) is 1. The van der Waals surface area contributed by atoms with E-state index in [-0.39, 0.29) is 29.6 Å². The van der Waals surface area contributed by atoms with E-state index in [9.17, 15) is 26.7 Å². The van der Waals surface area contributed by atoms with Gasteiger partial charge in [-0.05, 0) is 37.1 Å². The van der Waals surface area contributed by atoms with Crippen molar-refractivity contribution in [2.45, 2.75) is 42.5 Å². The maximum Gasteiger partial charge on any atom is 0.417 e. The van der Waals surface area contributed by atoms with Gasteiger partial charge in [-0.2, -0.15) is 13.2 Å².